The van der Waals surface area contributed by atoms with Gasteiger partial charge in [0.15, 0.2) is 0 Å². The van der Waals surface area contributed by atoms with Crippen LogP contribution in [0.25, 0.3) is 39.5 Å². The Morgan fingerprint density at radius 1 is 0.552 bits per heavy atom. The number of hydrogen-bond donors (Lipinski definition) is 1. The van der Waals surface area contributed by atoms with Crippen molar-refractivity contribution in [1.29, 1.82) is 0 Å². The van der Waals surface area contributed by atoms with E-state index in [1.807, 2.05) is 18.2 Å². The molecule has 0 saturated carbocycles. The van der Waals surface area contributed by atoms with Gasteiger partial charge in [-0.15, -0.1) is 36.5 Å². The van der Waals surface area contributed by atoms with Crippen LogP contribution in [0, 0.1) is 12.7 Å². The molecule has 6 heteroatoms. The van der Waals surface area contributed by atoms with E-state index in [1.165, 1.54) is 39.1 Å². The molecule has 0 aliphatic carbocycles. The van der Waals surface area contributed by atoms with Gasteiger partial charge in [-0.25, -0.2) is 0 Å². The predicted octanol–water partition coefficient (Wildman–Crippen LogP) is 14.3. The molecule has 0 atom stereocenters. The molecule has 0 saturated heterocycles. The molecule has 1 N–H and O–H groups in total. The Morgan fingerprint density at radius 3 is 1.71 bits per heavy atom. The Labute approximate surface area is 359 Å². The first-order valence-corrected chi connectivity index (χ1v) is 20.3. The van der Waals surface area contributed by atoms with Crippen LogP contribution < -0.4 is 9.80 Å². The fourth-order valence-corrected chi connectivity index (χ4v) is 8.19. The summed E-state index contributed by atoms with van der Waals surface area (Å²) in [5.74, 6) is 2.05. The van der Waals surface area contributed by atoms with Crippen LogP contribution >= 0.6 is 0 Å². The van der Waals surface area contributed by atoms with E-state index in [9.17, 15) is 5.11 Å². The number of benzene rings is 6. The molecule has 2 heterocycles. The molecule has 1 aliphatic heterocycles. The fourth-order valence-electron chi connectivity index (χ4n) is 8.19. The van der Waals surface area contributed by atoms with E-state index in [1.54, 1.807) is 6.07 Å². The number of phenols is 1. The van der Waals surface area contributed by atoms with Crippen molar-refractivity contribution in [2.45, 2.75) is 79.1 Å². The van der Waals surface area contributed by atoms with E-state index in [2.05, 4.69) is 192 Å². The number of nitrogens with zero attached hydrogens (tertiary/aromatic N) is 4. The van der Waals surface area contributed by atoms with E-state index in [0.717, 1.165) is 34.0 Å². The average molecular weight is 944 g/mol. The van der Waals surface area contributed by atoms with Gasteiger partial charge >= 0.3 is 21.1 Å². The van der Waals surface area contributed by atoms with Crippen LogP contribution in [0.2, 0.25) is 0 Å². The number of rotatable bonds is 10. The molecular formula is C52H52N4OPt. The summed E-state index contributed by atoms with van der Waals surface area (Å²) >= 11 is 0. The zero-order valence-electron chi connectivity index (χ0n) is 34.6. The Balaban J connectivity index is 0.00000512. The smallest absolute Gasteiger partial charge is 0.507 e. The first-order valence-electron chi connectivity index (χ1n) is 20.3. The zero-order chi connectivity index (χ0) is 40.0. The Morgan fingerprint density at radius 2 is 1.10 bits per heavy atom. The van der Waals surface area contributed by atoms with Crippen molar-refractivity contribution in [1.82, 2.24) is 9.55 Å². The molecule has 0 fully saturated rings. The van der Waals surface area contributed by atoms with E-state index < -0.39 is 0 Å². The van der Waals surface area contributed by atoms with Crippen LogP contribution in [0.3, 0.4) is 0 Å². The van der Waals surface area contributed by atoms with Crippen LogP contribution in [0.15, 0.2) is 134 Å². The van der Waals surface area contributed by atoms with E-state index >= 15 is 0 Å². The number of fused-ring (bicyclic) bond motifs is 1. The average Bonchev–Trinajstić information content (AvgIpc) is 3.83. The summed E-state index contributed by atoms with van der Waals surface area (Å²) < 4.78 is 2.21. The summed E-state index contributed by atoms with van der Waals surface area (Å²) in [4.78, 5) is 9.95. The molecule has 6 aromatic carbocycles. The molecule has 0 spiro atoms. The molecule has 0 amide bonds. The van der Waals surface area contributed by atoms with Gasteiger partial charge in [0.05, 0.1) is 11.3 Å². The van der Waals surface area contributed by atoms with Crippen molar-refractivity contribution in [2.24, 2.45) is 0 Å². The van der Waals surface area contributed by atoms with Gasteiger partial charge in [-0.2, -0.15) is 0 Å². The first-order chi connectivity index (χ1) is 27.5. The van der Waals surface area contributed by atoms with Crippen molar-refractivity contribution in [3.05, 3.63) is 169 Å². The molecular weight excluding hydrogens is 892 g/mol. The van der Waals surface area contributed by atoms with Gasteiger partial charge in [0.2, 0.25) is 0 Å². The summed E-state index contributed by atoms with van der Waals surface area (Å²) in [6.07, 6.45) is 2.13. The zero-order valence-corrected chi connectivity index (χ0v) is 36.9. The third kappa shape index (κ3) is 7.53. The van der Waals surface area contributed by atoms with Gasteiger partial charge in [-0.1, -0.05) is 134 Å². The van der Waals surface area contributed by atoms with Crippen molar-refractivity contribution >= 4 is 22.7 Å². The van der Waals surface area contributed by atoms with Crippen molar-refractivity contribution in [3.63, 3.8) is 0 Å². The Hall–Kier alpha value is -5.38. The second kappa shape index (κ2) is 16.8. The molecule has 0 unspecified atom stereocenters. The van der Waals surface area contributed by atoms with E-state index in [-0.39, 0.29) is 38.7 Å². The van der Waals surface area contributed by atoms with Gasteiger partial charge in [0, 0.05) is 22.8 Å². The minimum Gasteiger partial charge on any atom is -0.507 e. The molecule has 1 aliphatic rings. The molecule has 0 radical (unpaired) electrons. The minimum atomic E-state index is 0. The number of anilines is 4. The van der Waals surface area contributed by atoms with Crippen LogP contribution in [0.5, 0.6) is 5.75 Å². The van der Waals surface area contributed by atoms with Gasteiger partial charge in [0.25, 0.3) is 0 Å². The SMILES string of the molecule is CC(C)c1cccc(C(C)C)c1N1[CH-]N(c2[c-]c(-c3cn(-c4c(C(C)C)cc(-c5ccccc5)cc4C(C)C)c(-c4ccccc4O)n3)ccc2)c2ccccc21.[Pt+2]. The minimum absolute atomic E-state index is 0. The molecule has 58 heavy (non-hydrogen) atoms. The first kappa shape index (κ1) is 40.8. The fraction of sp³-hybridized carbons (Fsp3) is 0.231. The second-order valence-electron chi connectivity index (χ2n) is 16.4. The standard InChI is InChI=1S/C52H52N4O.Pt/c1-33(2)41-23-17-24-42(34(3)4)50(41)56-32-55(47-25-13-14-26-48(47)56)40-21-16-20-38(28-40)46-31-54(52(53-46)43-22-12-15-27-49(43)57)51-44(35(5)6)29-39(30-45(51)36(7)8)37-18-10-9-11-19-37;/h9-27,29-36,57H,1-8H3;/q-2;+2. The Bertz CT molecular complexity index is 2500. The van der Waals surface area contributed by atoms with E-state index in [4.69, 9.17) is 4.98 Å². The summed E-state index contributed by atoms with van der Waals surface area (Å²) in [5, 5.41) is 11.3. The molecule has 1 aromatic heterocycles. The van der Waals surface area contributed by atoms with Gasteiger partial charge in [-0.05, 0) is 99.6 Å². The van der Waals surface area contributed by atoms with Gasteiger partial charge < -0.3 is 19.5 Å². The normalized spacial score (nSPS) is 12.6. The molecule has 0 bridgehead atoms. The number of phenolic OH excluding ortho intramolecular Hbond substituents is 1. The third-order valence-electron chi connectivity index (χ3n) is 11.1. The molecule has 5 nitrogen and oxygen atoms in total. The largest absolute Gasteiger partial charge is 2.00 e. The molecule has 7 aromatic rings. The molecule has 296 valence electrons. The van der Waals surface area contributed by atoms with Crippen LogP contribution in [-0.4, -0.2) is 14.7 Å². The van der Waals surface area contributed by atoms with Crippen LogP contribution in [0.4, 0.5) is 22.7 Å². The Kier molecular flexibility index (Phi) is 11.8. The monoisotopic (exact) mass is 943 g/mol. The van der Waals surface area contributed by atoms with Crippen LogP contribution in [0.1, 0.15) is 101 Å². The number of para-hydroxylation sites is 4. The predicted molar refractivity (Wildman–Crippen MR) is 238 cm³/mol. The summed E-state index contributed by atoms with van der Waals surface area (Å²) in [6.45, 7) is 20.3. The van der Waals surface area contributed by atoms with Crippen molar-refractivity contribution in [2.75, 3.05) is 9.80 Å². The quantitative estimate of drug-likeness (QED) is 0.139. The maximum atomic E-state index is 11.3. The second-order valence-corrected chi connectivity index (χ2v) is 16.4. The number of aromatic nitrogens is 2. The summed E-state index contributed by atoms with van der Waals surface area (Å²) in [6, 6.07) is 48.2. The topological polar surface area (TPSA) is 44.5 Å². The van der Waals surface area contributed by atoms with Crippen molar-refractivity contribution in [3.8, 4) is 45.2 Å². The maximum absolute atomic E-state index is 11.3. The number of hydrogen-bond acceptors (Lipinski definition) is 4. The number of aromatic hydroxyl groups is 1. The van der Waals surface area contributed by atoms with Crippen molar-refractivity contribution < 1.29 is 26.2 Å². The van der Waals surface area contributed by atoms with E-state index in [0.29, 0.717) is 23.2 Å². The maximum Gasteiger partial charge on any atom is 2.00 e. The third-order valence-corrected chi connectivity index (χ3v) is 11.1. The number of imidazole rings is 1. The van der Waals surface area contributed by atoms with Gasteiger partial charge in [-0.3, -0.25) is 4.98 Å². The summed E-state index contributed by atoms with van der Waals surface area (Å²) in [7, 11) is 0. The van der Waals surface area contributed by atoms with Crippen LogP contribution in [-0.2, 0) is 21.1 Å². The molecule has 8 rings (SSSR count). The van der Waals surface area contributed by atoms with Gasteiger partial charge in [0.1, 0.15) is 11.6 Å². The summed E-state index contributed by atoms with van der Waals surface area (Å²) in [5.41, 5.74) is 15.3.